The van der Waals surface area contributed by atoms with Crippen LogP contribution in [0.2, 0.25) is 0 Å². The molecule has 0 atom stereocenters. The van der Waals surface area contributed by atoms with E-state index in [2.05, 4.69) is 22.1 Å². The summed E-state index contributed by atoms with van der Waals surface area (Å²) >= 11 is 0. The maximum absolute atomic E-state index is 12.2. The predicted molar refractivity (Wildman–Crippen MR) is 84.3 cm³/mol. The third-order valence-corrected chi connectivity index (χ3v) is 3.44. The number of H-pyrrole nitrogens is 1. The van der Waals surface area contributed by atoms with Crippen LogP contribution in [0.15, 0.2) is 65.6 Å². The Morgan fingerprint density at radius 3 is 2.38 bits per heavy atom. The molecule has 1 N–H and O–H groups in total. The molecule has 0 amide bonds. The molecule has 0 aliphatic heterocycles. The highest BCUT2D eigenvalue weighted by Gasteiger charge is 2.05. The molecule has 1 aromatic heterocycles. The minimum atomic E-state index is -0.0792. The highest BCUT2D eigenvalue weighted by Crippen LogP contribution is 2.13. The van der Waals surface area contributed by atoms with Crippen LogP contribution >= 0.6 is 0 Å². The number of hydrogen-bond acceptors (Lipinski definition) is 2. The van der Waals surface area contributed by atoms with Gasteiger partial charge in [-0.25, -0.2) is 4.98 Å². The maximum atomic E-state index is 12.2. The Kier molecular flexibility index (Phi) is 3.65. The highest BCUT2D eigenvalue weighted by molar-refractivity contribution is 5.54. The van der Waals surface area contributed by atoms with E-state index in [1.807, 2.05) is 49.4 Å². The Morgan fingerprint density at radius 1 is 1.00 bits per heavy atom. The average Bonchev–Trinajstić information content (AvgIpc) is 2.52. The molecule has 3 aromatic rings. The minimum Gasteiger partial charge on any atom is -0.306 e. The summed E-state index contributed by atoms with van der Waals surface area (Å²) < 4.78 is 0. The number of nitrogens with zero attached hydrogens (tertiary/aromatic N) is 1. The van der Waals surface area contributed by atoms with Crippen molar-refractivity contribution in [3.63, 3.8) is 0 Å². The van der Waals surface area contributed by atoms with Gasteiger partial charge in [0, 0.05) is 23.7 Å². The van der Waals surface area contributed by atoms with Crippen molar-refractivity contribution in [1.82, 2.24) is 9.97 Å². The summed E-state index contributed by atoms with van der Waals surface area (Å²) in [7, 11) is 0. The van der Waals surface area contributed by atoms with Crippen molar-refractivity contribution in [3.8, 4) is 11.4 Å². The molecule has 0 saturated carbocycles. The van der Waals surface area contributed by atoms with Gasteiger partial charge in [0.25, 0.3) is 5.56 Å². The van der Waals surface area contributed by atoms with Crippen LogP contribution < -0.4 is 5.56 Å². The van der Waals surface area contributed by atoms with Gasteiger partial charge < -0.3 is 4.98 Å². The highest BCUT2D eigenvalue weighted by atomic mass is 16.1. The van der Waals surface area contributed by atoms with Crippen LogP contribution in [-0.4, -0.2) is 9.97 Å². The predicted octanol–water partition coefficient (Wildman–Crippen LogP) is 3.34. The second kappa shape index (κ2) is 5.75. The van der Waals surface area contributed by atoms with Crippen LogP contribution in [0.25, 0.3) is 11.4 Å². The van der Waals surface area contributed by atoms with Crippen molar-refractivity contribution in [1.29, 1.82) is 0 Å². The maximum Gasteiger partial charge on any atom is 0.254 e. The van der Waals surface area contributed by atoms with Crippen molar-refractivity contribution >= 4 is 0 Å². The Hall–Kier alpha value is -2.68. The summed E-state index contributed by atoms with van der Waals surface area (Å²) in [6.45, 7) is 2.05. The van der Waals surface area contributed by atoms with Crippen molar-refractivity contribution in [2.24, 2.45) is 0 Å². The number of rotatable bonds is 3. The summed E-state index contributed by atoms with van der Waals surface area (Å²) in [5.41, 5.74) is 3.84. The standard InChI is InChI=1S/C18H16N2O/c1-13-7-9-14(10-8-13)11-16-12-19-17(20-18(16)21)15-5-3-2-4-6-15/h2-10,12H,11H2,1H3,(H,19,20,21). The van der Waals surface area contributed by atoms with E-state index in [0.717, 1.165) is 11.1 Å². The lowest BCUT2D eigenvalue weighted by molar-refractivity contribution is 1.03. The molecule has 3 heteroatoms. The van der Waals surface area contributed by atoms with E-state index in [1.54, 1.807) is 6.20 Å². The molecule has 21 heavy (non-hydrogen) atoms. The molecule has 0 aliphatic rings. The van der Waals surface area contributed by atoms with Crippen molar-refractivity contribution in [3.05, 3.63) is 87.8 Å². The lowest BCUT2D eigenvalue weighted by atomic mass is 10.1. The quantitative estimate of drug-likeness (QED) is 0.797. The van der Waals surface area contributed by atoms with Gasteiger partial charge in [0.2, 0.25) is 0 Å². The van der Waals surface area contributed by atoms with Crippen LogP contribution in [0.5, 0.6) is 0 Å². The molecule has 0 fully saturated rings. The van der Waals surface area contributed by atoms with E-state index in [1.165, 1.54) is 5.56 Å². The normalized spacial score (nSPS) is 10.5. The monoisotopic (exact) mass is 276 g/mol. The Bertz CT molecular complexity index is 789. The summed E-state index contributed by atoms with van der Waals surface area (Å²) in [5.74, 6) is 0.605. The van der Waals surface area contributed by atoms with Gasteiger partial charge in [0.15, 0.2) is 0 Å². The lowest BCUT2D eigenvalue weighted by Gasteiger charge is -2.04. The molecule has 0 radical (unpaired) electrons. The molecule has 0 bridgehead atoms. The summed E-state index contributed by atoms with van der Waals surface area (Å²) in [5, 5.41) is 0. The smallest absolute Gasteiger partial charge is 0.254 e. The lowest BCUT2D eigenvalue weighted by Crippen LogP contribution is -2.14. The van der Waals surface area contributed by atoms with Crippen molar-refractivity contribution < 1.29 is 0 Å². The molecule has 0 saturated heterocycles. The molecule has 0 aliphatic carbocycles. The van der Waals surface area contributed by atoms with Gasteiger partial charge in [-0.15, -0.1) is 0 Å². The number of aromatic nitrogens is 2. The fourth-order valence-electron chi connectivity index (χ4n) is 2.22. The van der Waals surface area contributed by atoms with E-state index >= 15 is 0 Å². The molecule has 0 spiro atoms. The van der Waals surface area contributed by atoms with E-state index in [4.69, 9.17) is 0 Å². The average molecular weight is 276 g/mol. The molecule has 0 unspecified atom stereocenters. The number of nitrogens with one attached hydrogen (secondary N) is 1. The van der Waals surface area contributed by atoms with Crippen LogP contribution in [-0.2, 0) is 6.42 Å². The Balaban J connectivity index is 1.88. The molecular formula is C18H16N2O. The molecule has 3 nitrogen and oxygen atoms in total. The fraction of sp³-hybridized carbons (Fsp3) is 0.111. The first kappa shape index (κ1) is 13.3. The molecule has 3 rings (SSSR count). The van der Waals surface area contributed by atoms with Crippen LogP contribution in [0.1, 0.15) is 16.7 Å². The number of aryl methyl sites for hydroxylation is 1. The molecule has 1 heterocycles. The third kappa shape index (κ3) is 3.08. The van der Waals surface area contributed by atoms with E-state index in [0.29, 0.717) is 17.8 Å². The van der Waals surface area contributed by atoms with E-state index < -0.39 is 0 Å². The van der Waals surface area contributed by atoms with E-state index in [-0.39, 0.29) is 5.56 Å². The molecule has 2 aromatic carbocycles. The Labute approximate surface area is 123 Å². The van der Waals surface area contributed by atoms with Gasteiger partial charge in [-0.1, -0.05) is 60.2 Å². The molecular weight excluding hydrogens is 260 g/mol. The first-order valence-electron chi connectivity index (χ1n) is 6.91. The van der Waals surface area contributed by atoms with Crippen LogP contribution in [0, 0.1) is 6.92 Å². The van der Waals surface area contributed by atoms with Gasteiger partial charge in [0.1, 0.15) is 5.82 Å². The van der Waals surface area contributed by atoms with Gasteiger partial charge in [-0.3, -0.25) is 4.79 Å². The second-order valence-corrected chi connectivity index (χ2v) is 5.11. The second-order valence-electron chi connectivity index (χ2n) is 5.11. The van der Waals surface area contributed by atoms with Gasteiger partial charge in [0.05, 0.1) is 0 Å². The first-order chi connectivity index (χ1) is 10.2. The number of benzene rings is 2. The zero-order valence-electron chi connectivity index (χ0n) is 11.8. The zero-order chi connectivity index (χ0) is 14.7. The fourth-order valence-corrected chi connectivity index (χ4v) is 2.22. The van der Waals surface area contributed by atoms with Crippen molar-refractivity contribution in [2.45, 2.75) is 13.3 Å². The SMILES string of the molecule is Cc1ccc(Cc2cnc(-c3ccccc3)[nH]c2=O)cc1. The van der Waals surface area contributed by atoms with Gasteiger partial charge in [-0.2, -0.15) is 0 Å². The number of hydrogen-bond donors (Lipinski definition) is 1. The zero-order valence-corrected chi connectivity index (χ0v) is 11.8. The van der Waals surface area contributed by atoms with E-state index in [9.17, 15) is 4.79 Å². The minimum absolute atomic E-state index is 0.0792. The largest absolute Gasteiger partial charge is 0.306 e. The topological polar surface area (TPSA) is 45.8 Å². The summed E-state index contributed by atoms with van der Waals surface area (Å²) in [6.07, 6.45) is 2.26. The third-order valence-electron chi connectivity index (χ3n) is 3.44. The number of aromatic amines is 1. The van der Waals surface area contributed by atoms with Crippen LogP contribution in [0.4, 0.5) is 0 Å². The molecule has 104 valence electrons. The summed E-state index contributed by atoms with van der Waals surface area (Å²) in [4.78, 5) is 19.4. The van der Waals surface area contributed by atoms with Crippen molar-refractivity contribution in [2.75, 3.05) is 0 Å². The van der Waals surface area contributed by atoms with Gasteiger partial charge >= 0.3 is 0 Å². The van der Waals surface area contributed by atoms with Crippen LogP contribution in [0.3, 0.4) is 0 Å². The first-order valence-corrected chi connectivity index (χ1v) is 6.91. The van der Waals surface area contributed by atoms with Gasteiger partial charge in [-0.05, 0) is 12.5 Å². The Morgan fingerprint density at radius 2 is 1.71 bits per heavy atom. The summed E-state index contributed by atoms with van der Waals surface area (Å²) in [6, 6.07) is 17.8.